The molecule has 0 aliphatic carbocycles. The van der Waals surface area contributed by atoms with Crippen molar-refractivity contribution in [3.8, 4) is 5.75 Å². The molecule has 1 atom stereocenters. The number of phenols is 1. The van der Waals surface area contributed by atoms with E-state index in [1.165, 1.54) is 24.3 Å². The molecule has 1 unspecified atom stereocenters. The second-order valence-electron chi connectivity index (χ2n) is 4.32. The van der Waals surface area contributed by atoms with Crippen molar-refractivity contribution in [2.75, 3.05) is 0 Å². The second kappa shape index (κ2) is 5.52. The molecule has 0 fully saturated rings. The Morgan fingerprint density at radius 2 is 1.89 bits per heavy atom. The van der Waals surface area contributed by atoms with Gasteiger partial charge < -0.3 is 10.2 Å². The Bertz CT molecular complexity index is 595. The molecule has 0 saturated carbocycles. The Morgan fingerprint density at radius 3 is 2.53 bits per heavy atom. The molecule has 4 heteroatoms. The van der Waals surface area contributed by atoms with Crippen molar-refractivity contribution >= 4 is 5.97 Å². The van der Waals surface area contributed by atoms with Crippen molar-refractivity contribution in [1.29, 1.82) is 0 Å². The highest BCUT2D eigenvalue weighted by Crippen LogP contribution is 2.24. The minimum atomic E-state index is -1.00. The van der Waals surface area contributed by atoms with Crippen LogP contribution in [0.2, 0.25) is 0 Å². The molecule has 0 aliphatic rings. The highest BCUT2D eigenvalue weighted by molar-refractivity contribution is 5.76. The fourth-order valence-corrected chi connectivity index (χ4v) is 1.99. The van der Waals surface area contributed by atoms with Crippen LogP contribution in [0.5, 0.6) is 5.75 Å². The van der Waals surface area contributed by atoms with E-state index in [0.717, 1.165) is 0 Å². The lowest BCUT2D eigenvalue weighted by atomic mass is 9.92. The second-order valence-corrected chi connectivity index (χ2v) is 4.32. The van der Waals surface area contributed by atoms with Crippen LogP contribution >= 0.6 is 0 Å². The highest BCUT2D eigenvalue weighted by Gasteiger charge is 2.20. The van der Waals surface area contributed by atoms with Crippen molar-refractivity contribution in [3.63, 3.8) is 0 Å². The fraction of sp³-hybridized carbons (Fsp3) is 0.133. The third-order valence-electron chi connectivity index (χ3n) is 2.90. The summed E-state index contributed by atoms with van der Waals surface area (Å²) < 4.78 is 13.1. The van der Waals surface area contributed by atoms with Gasteiger partial charge in [0.25, 0.3) is 0 Å². The van der Waals surface area contributed by atoms with E-state index in [1.807, 2.05) is 0 Å². The molecule has 0 bridgehead atoms. The molecule has 2 N–H and O–H groups in total. The number of hydrogen-bond acceptors (Lipinski definition) is 2. The number of phenolic OH excluding ortho intramolecular Hbond substituents is 1. The zero-order valence-corrected chi connectivity index (χ0v) is 10.1. The van der Waals surface area contributed by atoms with Gasteiger partial charge in [-0.3, -0.25) is 4.79 Å². The predicted octanol–water partition coefficient (Wildman–Crippen LogP) is 2.94. The minimum absolute atomic E-state index is 0.0167. The van der Waals surface area contributed by atoms with Crippen LogP contribution in [0.4, 0.5) is 4.39 Å². The molecule has 98 valence electrons. The van der Waals surface area contributed by atoms with Crippen molar-refractivity contribution in [2.45, 2.75) is 12.3 Å². The number of hydrogen-bond donors (Lipinski definition) is 2. The first kappa shape index (κ1) is 13.1. The Morgan fingerprint density at radius 1 is 1.16 bits per heavy atom. The van der Waals surface area contributed by atoms with Gasteiger partial charge in [-0.1, -0.05) is 24.3 Å². The molecule has 0 saturated heterocycles. The molecule has 0 radical (unpaired) electrons. The number of benzene rings is 2. The minimum Gasteiger partial charge on any atom is -0.508 e. The largest absolute Gasteiger partial charge is 0.508 e. The van der Waals surface area contributed by atoms with E-state index in [4.69, 9.17) is 0 Å². The van der Waals surface area contributed by atoms with Crippen LogP contribution < -0.4 is 0 Å². The summed E-state index contributed by atoms with van der Waals surface area (Å²) in [5, 5.41) is 18.7. The number of halogens is 1. The first-order chi connectivity index (χ1) is 9.06. The molecule has 2 rings (SSSR count). The van der Waals surface area contributed by atoms with Crippen molar-refractivity contribution in [2.24, 2.45) is 0 Å². The Hall–Kier alpha value is -2.36. The van der Waals surface area contributed by atoms with E-state index in [9.17, 15) is 19.4 Å². The molecule has 3 nitrogen and oxygen atoms in total. The summed E-state index contributed by atoms with van der Waals surface area (Å²) >= 11 is 0. The van der Waals surface area contributed by atoms with Crippen LogP contribution in [0.1, 0.15) is 17.0 Å². The zero-order valence-electron chi connectivity index (χ0n) is 10.1. The van der Waals surface area contributed by atoms with Gasteiger partial charge in [0.1, 0.15) is 11.6 Å². The molecule has 19 heavy (non-hydrogen) atoms. The summed E-state index contributed by atoms with van der Waals surface area (Å²) in [6.45, 7) is 0. The summed E-state index contributed by atoms with van der Waals surface area (Å²) in [7, 11) is 0. The molecule has 0 heterocycles. The molecule has 2 aromatic rings. The summed E-state index contributed by atoms with van der Waals surface area (Å²) in [5.41, 5.74) is 1.10. The van der Waals surface area contributed by atoms with Crippen LogP contribution in [0.25, 0.3) is 0 Å². The van der Waals surface area contributed by atoms with Gasteiger partial charge in [0.2, 0.25) is 0 Å². The van der Waals surface area contributed by atoms with Gasteiger partial charge in [0.15, 0.2) is 0 Å². The molecular weight excluding hydrogens is 247 g/mol. The average Bonchev–Trinajstić information content (AvgIpc) is 2.35. The van der Waals surface area contributed by atoms with Gasteiger partial charge in [-0.05, 0) is 41.8 Å². The maximum absolute atomic E-state index is 13.1. The smallest absolute Gasteiger partial charge is 0.311 e. The lowest BCUT2D eigenvalue weighted by molar-refractivity contribution is -0.138. The van der Waals surface area contributed by atoms with Crippen molar-refractivity contribution < 1.29 is 19.4 Å². The van der Waals surface area contributed by atoms with Crippen LogP contribution in [0.3, 0.4) is 0 Å². The predicted molar refractivity (Wildman–Crippen MR) is 68.6 cm³/mol. The Labute approximate surface area is 109 Å². The van der Waals surface area contributed by atoms with Crippen molar-refractivity contribution in [1.82, 2.24) is 0 Å². The van der Waals surface area contributed by atoms with Crippen LogP contribution in [-0.4, -0.2) is 16.2 Å². The number of rotatable bonds is 4. The first-order valence-corrected chi connectivity index (χ1v) is 5.82. The third-order valence-corrected chi connectivity index (χ3v) is 2.90. The summed E-state index contributed by atoms with van der Waals surface area (Å²) in [5.74, 6) is -2.19. The maximum Gasteiger partial charge on any atom is 0.311 e. The standard InChI is InChI=1S/C15H13FO3/c16-12-5-1-3-10(7-12)8-14(15(18)19)11-4-2-6-13(17)9-11/h1-7,9,14,17H,8H2,(H,18,19). The van der Waals surface area contributed by atoms with E-state index in [2.05, 4.69) is 0 Å². The number of carboxylic acids is 1. The Balaban J connectivity index is 2.29. The number of aliphatic carboxylic acids is 1. The normalized spacial score (nSPS) is 12.1. The van der Waals surface area contributed by atoms with E-state index in [0.29, 0.717) is 11.1 Å². The number of carboxylic acid groups (broad SMARTS) is 1. The van der Waals surface area contributed by atoms with E-state index < -0.39 is 17.7 Å². The van der Waals surface area contributed by atoms with Gasteiger partial charge in [-0.25, -0.2) is 4.39 Å². The molecule has 0 amide bonds. The zero-order chi connectivity index (χ0) is 13.8. The summed E-state index contributed by atoms with van der Waals surface area (Å²) in [4.78, 5) is 11.3. The molecule has 2 aromatic carbocycles. The fourth-order valence-electron chi connectivity index (χ4n) is 1.99. The van der Waals surface area contributed by atoms with Crippen LogP contribution in [-0.2, 0) is 11.2 Å². The average molecular weight is 260 g/mol. The lowest BCUT2D eigenvalue weighted by Gasteiger charge is -2.13. The third kappa shape index (κ3) is 3.31. The van der Waals surface area contributed by atoms with Gasteiger partial charge in [-0.2, -0.15) is 0 Å². The van der Waals surface area contributed by atoms with E-state index >= 15 is 0 Å². The van der Waals surface area contributed by atoms with Gasteiger partial charge in [0.05, 0.1) is 5.92 Å². The Kier molecular flexibility index (Phi) is 3.80. The van der Waals surface area contributed by atoms with E-state index in [-0.39, 0.29) is 12.2 Å². The molecular formula is C15H13FO3. The van der Waals surface area contributed by atoms with Gasteiger partial charge in [-0.15, -0.1) is 0 Å². The lowest BCUT2D eigenvalue weighted by Crippen LogP contribution is -2.14. The topological polar surface area (TPSA) is 57.5 Å². The highest BCUT2D eigenvalue weighted by atomic mass is 19.1. The first-order valence-electron chi connectivity index (χ1n) is 5.82. The summed E-state index contributed by atoms with van der Waals surface area (Å²) in [6, 6.07) is 12.0. The molecule has 0 aromatic heterocycles. The molecule has 0 spiro atoms. The molecule has 0 aliphatic heterocycles. The maximum atomic E-state index is 13.1. The number of carbonyl (C=O) groups is 1. The van der Waals surface area contributed by atoms with E-state index in [1.54, 1.807) is 24.3 Å². The van der Waals surface area contributed by atoms with Gasteiger partial charge >= 0.3 is 5.97 Å². The summed E-state index contributed by atoms with van der Waals surface area (Å²) in [6.07, 6.45) is 0.177. The SMILES string of the molecule is O=C(O)C(Cc1cccc(F)c1)c1cccc(O)c1. The van der Waals surface area contributed by atoms with Crippen molar-refractivity contribution in [3.05, 3.63) is 65.5 Å². The van der Waals surface area contributed by atoms with Crippen LogP contribution in [0, 0.1) is 5.82 Å². The number of aromatic hydroxyl groups is 1. The quantitative estimate of drug-likeness (QED) is 0.888. The monoisotopic (exact) mass is 260 g/mol. The van der Waals surface area contributed by atoms with Crippen LogP contribution in [0.15, 0.2) is 48.5 Å². The van der Waals surface area contributed by atoms with Gasteiger partial charge in [0, 0.05) is 0 Å².